The molecule has 0 radical (unpaired) electrons. The van der Waals surface area contributed by atoms with E-state index >= 15 is 0 Å². The van der Waals surface area contributed by atoms with E-state index in [1.807, 2.05) is 18.2 Å². The zero-order valence-corrected chi connectivity index (χ0v) is 11.2. The van der Waals surface area contributed by atoms with Crippen LogP contribution in [0, 0.1) is 0 Å². The van der Waals surface area contributed by atoms with Gasteiger partial charge in [-0.2, -0.15) is 0 Å². The predicted octanol–water partition coefficient (Wildman–Crippen LogP) is 3.55. The van der Waals surface area contributed by atoms with Gasteiger partial charge in [0.25, 0.3) is 0 Å². The topological polar surface area (TPSA) is 50.2 Å². The average Bonchev–Trinajstić information content (AvgIpc) is 3.16. The highest BCUT2D eigenvalue weighted by molar-refractivity contribution is 6.02. The second-order valence-electron chi connectivity index (χ2n) is 5.63. The van der Waals surface area contributed by atoms with E-state index in [9.17, 15) is 9.90 Å². The van der Waals surface area contributed by atoms with Crippen molar-refractivity contribution in [2.75, 3.05) is 0 Å². The number of rotatable bonds is 3. The predicted molar refractivity (Wildman–Crippen MR) is 74.7 cm³/mol. The maximum Gasteiger partial charge on any atom is 0.336 e. The lowest BCUT2D eigenvalue weighted by Gasteiger charge is -2.12. The van der Waals surface area contributed by atoms with E-state index in [0.717, 1.165) is 41.4 Å². The van der Waals surface area contributed by atoms with Gasteiger partial charge in [0.2, 0.25) is 0 Å². The van der Waals surface area contributed by atoms with Crippen molar-refractivity contribution in [3.8, 4) is 0 Å². The Balaban J connectivity index is 2.28. The lowest BCUT2D eigenvalue weighted by atomic mass is 9.98. The molecule has 1 heterocycles. The maximum absolute atomic E-state index is 11.5. The van der Waals surface area contributed by atoms with Crippen molar-refractivity contribution in [1.82, 2.24) is 4.98 Å². The smallest absolute Gasteiger partial charge is 0.336 e. The van der Waals surface area contributed by atoms with Gasteiger partial charge in [-0.3, -0.25) is 4.98 Å². The fraction of sp³-hybridized carbons (Fsp3) is 0.375. The van der Waals surface area contributed by atoms with Gasteiger partial charge < -0.3 is 5.11 Å². The van der Waals surface area contributed by atoms with Crippen molar-refractivity contribution in [3.05, 3.63) is 41.1 Å². The van der Waals surface area contributed by atoms with Crippen LogP contribution >= 0.6 is 0 Å². The number of aromatic nitrogens is 1. The molecule has 0 unspecified atom stereocenters. The lowest BCUT2D eigenvalue weighted by Crippen LogP contribution is -2.08. The first-order chi connectivity index (χ1) is 9.03. The number of carboxylic acids is 1. The summed E-state index contributed by atoms with van der Waals surface area (Å²) in [5, 5.41) is 10.2. The van der Waals surface area contributed by atoms with E-state index in [0.29, 0.717) is 5.56 Å². The summed E-state index contributed by atoms with van der Waals surface area (Å²) in [6.45, 7) is 4.21. The van der Waals surface area contributed by atoms with E-state index in [1.165, 1.54) is 0 Å². The number of aromatic carboxylic acids is 1. The van der Waals surface area contributed by atoms with Gasteiger partial charge in [0.15, 0.2) is 0 Å². The summed E-state index contributed by atoms with van der Waals surface area (Å²) in [5.74, 6) is -0.869. The molecule has 98 valence electrons. The number of carboxylic acid groups (broad SMARTS) is 1. The molecule has 1 fully saturated rings. The Kier molecular flexibility index (Phi) is 2.59. The van der Waals surface area contributed by atoms with Crippen LogP contribution in [0.3, 0.4) is 0 Å². The minimum absolute atomic E-state index is 0.0851. The highest BCUT2D eigenvalue weighted by Crippen LogP contribution is 2.47. The largest absolute Gasteiger partial charge is 0.478 e. The summed E-state index contributed by atoms with van der Waals surface area (Å²) in [6.07, 6.45) is 3.09. The Bertz CT molecular complexity index is 672. The number of pyridine rings is 1. The Hall–Kier alpha value is -1.90. The number of carbonyl (C=O) groups is 1. The van der Waals surface area contributed by atoms with E-state index < -0.39 is 5.97 Å². The van der Waals surface area contributed by atoms with Crippen LogP contribution < -0.4 is 0 Å². The molecule has 0 spiro atoms. The zero-order valence-electron chi connectivity index (χ0n) is 11.2. The van der Waals surface area contributed by atoms with Crippen LogP contribution in [-0.2, 0) is 11.8 Å². The van der Waals surface area contributed by atoms with Gasteiger partial charge in [-0.05, 0) is 43.0 Å². The van der Waals surface area contributed by atoms with Crippen LogP contribution in [0.1, 0.15) is 48.3 Å². The monoisotopic (exact) mass is 255 g/mol. The van der Waals surface area contributed by atoms with E-state index in [1.54, 1.807) is 6.07 Å². The minimum atomic E-state index is -0.869. The van der Waals surface area contributed by atoms with Crippen LogP contribution in [-0.4, -0.2) is 16.1 Å². The Morgan fingerprint density at radius 1 is 1.37 bits per heavy atom. The van der Waals surface area contributed by atoms with Gasteiger partial charge in [0.05, 0.1) is 11.1 Å². The molecule has 1 aromatic heterocycles. The summed E-state index contributed by atoms with van der Waals surface area (Å²) >= 11 is 0. The summed E-state index contributed by atoms with van der Waals surface area (Å²) in [5.41, 5.74) is 3.31. The lowest BCUT2D eigenvalue weighted by molar-refractivity contribution is 0.0699. The first-order valence-corrected chi connectivity index (χ1v) is 6.71. The molecule has 3 heteroatoms. The van der Waals surface area contributed by atoms with Crippen molar-refractivity contribution < 1.29 is 9.90 Å². The quantitative estimate of drug-likeness (QED) is 0.912. The van der Waals surface area contributed by atoms with Crippen molar-refractivity contribution in [2.45, 2.75) is 38.5 Å². The first kappa shape index (κ1) is 12.2. The van der Waals surface area contributed by atoms with Crippen molar-refractivity contribution in [1.29, 1.82) is 0 Å². The second-order valence-corrected chi connectivity index (χ2v) is 5.63. The van der Waals surface area contributed by atoms with Gasteiger partial charge in [0.1, 0.15) is 0 Å². The molecule has 0 atom stereocenters. The van der Waals surface area contributed by atoms with Gasteiger partial charge in [-0.25, -0.2) is 4.79 Å². The van der Waals surface area contributed by atoms with Crippen molar-refractivity contribution in [2.24, 2.45) is 0 Å². The SMILES string of the molecule is CCc1ccc2nc(C3(C)CC3)cc(C(=O)O)c2c1. The molecule has 1 N–H and O–H groups in total. The van der Waals surface area contributed by atoms with Crippen LogP contribution in [0.5, 0.6) is 0 Å². The molecule has 0 bridgehead atoms. The Labute approximate surface area is 112 Å². The summed E-state index contributed by atoms with van der Waals surface area (Å²) in [6, 6.07) is 7.68. The van der Waals surface area contributed by atoms with E-state index in [4.69, 9.17) is 0 Å². The van der Waals surface area contributed by atoms with Gasteiger partial charge in [-0.1, -0.05) is 19.9 Å². The third-order valence-corrected chi connectivity index (χ3v) is 4.13. The van der Waals surface area contributed by atoms with Crippen molar-refractivity contribution in [3.63, 3.8) is 0 Å². The second kappa shape index (κ2) is 4.05. The fourth-order valence-electron chi connectivity index (χ4n) is 2.42. The molecule has 1 aliphatic carbocycles. The number of fused-ring (bicyclic) bond motifs is 1. The van der Waals surface area contributed by atoms with Crippen molar-refractivity contribution >= 4 is 16.9 Å². The third kappa shape index (κ3) is 1.99. The normalized spacial score (nSPS) is 16.5. The summed E-state index contributed by atoms with van der Waals surface area (Å²) in [7, 11) is 0. The molecule has 2 aromatic rings. The number of hydrogen-bond donors (Lipinski definition) is 1. The molecule has 1 aromatic carbocycles. The van der Waals surface area contributed by atoms with Gasteiger partial charge >= 0.3 is 5.97 Å². The Morgan fingerprint density at radius 3 is 2.68 bits per heavy atom. The molecule has 0 aliphatic heterocycles. The minimum Gasteiger partial charge on any atom is -0.478 e. The van der Waals surface area contributed by atoms with Crippen LogP contribution in [0.2, 0.25) is 0 Å². The molecule has 0 amide bonds. The highest BCUT2D eigenvalue weighted by atomic mass is 16.4. The highest BCUT2D eigenvalue weighted by Gasteiger charge is 2.41. The standard InChI is InChI=1S/C16H17NO2/c1-3-10-4-5-13-11(8-10)12(15(18)19)9-14(17-13)16(2)6-7-16/h4-5,8-9H,3,6-7H2,1-2H3,(H,18,19). The fourth-order valence-corrected chi connectivity index (χ4v) is 2.42. The number of hydrogen-bond acceptors (Lipinski definition) is 2. The maximum atomic E-state index is 11.5. The number of nitrogens with zero attached hydrogens (tertiary/aromatic N) is 1. The Morgan fingerprint density at radius 2 is 2.11 bits per heavy atom. The molecule has 1 saturated carbocycles. The van der Waals surface area contributed by atoms with E-state index in [2.05, 4.69) is 18.8 Å². The van der Waals surface area contributed by atoms with Crippen LogP contribution in [0.25, 0.3) is 10.9 Å². The first-order valence-electron chi connectivity index (χ1n) is 6.71. The molecular formula is C16H17NO2. The average molecular weight is 255 g/mol. The van der Waals surface area contributed by atoms with Gasteiger partial charge in [-0.15, -0.1) is 0 Å². The molecule has 19 heavy (non-hydrogen) atoms. The van der Waals surface area contributed by atoms with Crippen LogP contribution in [0.4, 0.5) is 0 Å². The molecular weight excluding hydrogens is 238 g/mol. The van der Waals surface area contributed by atoms with E-state index in [-0.39, 0.29) is 5.41 Å². The third-order valence-electron chi connectivity index (χ3n) is 4.13. The zero-order chi connectivity index (χ0) is 13.6. The number of benzene rings is 1. The van der Waals surface area contributed by atoms with Gasteiger partial charge in [0, 0.05) is 16.5 Å². The number of aryl methyl sites for hydroxylation is 1. The summed E-state index contributed by atoms with van der Waals surface area (Å²) in [4.78, 5) is 16.2. The molecule has 3 nitrogen and oxygen atoms in total. The van der Waals surface area contributed by atoms with Crippen LogP contribution in [0.15, 0.2) is 24.3 Å². The summed E-state index contributed by atoms with van der Waals surface area (Å²) < 4.78 is 0. The molecule has 0 saturated heterocycles. The molecule has 1 aliphatic rings. The molecule has 3 rings (SSSR count).